The van der Waals surface area contributed by atoms with Gasteiger partial charge in [-0.25, -0.2) is 14.6 Å². The summed E-state index contributed by atoms with van der Waals surface area (Å²) in [5.41, 5.74) is 1.47. The predicted octanol–water partition coefficient (Wildman–Crippen LogP) is 3.11. The van der Waals surface area contributed by atoms with Crippen LogP contribution in [-0.2, 0) is 6.54 Å². The first-order valence-corrected chi connectivity index (χ1v) is 12.4. The molecule has 0 saturated carbocycles. The van der Waals surface area contributed by atoms with Crippen LogP contribution >= 0.6 is 10.8 Å². The van der Waals surface area contributed by atoms with Crippen LogP contribution < -0.4 is 9.62 Å². The van der Waals surface area contributed by atoms with Gasteiger partial charge in [0.05, 0.1) is 11.4 Å². The number of carbonyl (C=O) groups excluding carboxylic acids is 1. The Hall–Kier alpha value is -3.74. The van der Waals surface area contributed by atoms with Gasteiger partial charge in [-0.15, -0.1) is 10.8 Å². The van der Waals surface area contributed by atoms with E-state index in [2.05, 4.69) is 25.4 Å². The van der Waals surface area contributed by atoms with E-state index in [0.717, 1.165) is 17.7 Å². The lowest BCUT2D eigenvalue weighted by atomic mass is 10.1. The first kappa shape index (κ1) is 22.1. The largest absolute Gasteiger partial charge is 0.504 e. The average Bonchev–Trinajstić information content (AvgIpc) is 3.38. The molecule has 1 amide bonds. The molecule has 0 bridgehead atoms. The van der Waals surface area contributed by atoms with Gasteiger partial charge in [0.1, 0.15) is 18.2 Å². The minimum atomic E-state index is -3.10. The summed E-state index contributed by atoms with van der Waals surface area (Å²) in [5.74, 6) is -0.547. The number of hydrogen-bond acceptors (Lipinski definition) is 9. The molecule has 3 aromatic heterocycles. The van der Waals surface area contributed by atoms with Crippen molar-refractivity contribution >= 4 is 33.4 Å². The van der Waals surface area contributed by atoms with Gasteiger partial charge >= 0.3 is 0 Å². The summed E-state index contributed by atoms with van der Waals surface area (Å²) in [6.45, 7) is 0.515. The maximum absolute atomic E-state index is 13.1. The Morgan fingerprint density at radius 3 is 2.79 bits per heavy atom. The van der Waals surface area contributed by atoms with Gasteiger partial charge in [-0.1, -0.05) is 18.2 Å². The first-order chi connectivity index (χ1) is 16.5. The number of para-hydroxylation sites is 1. The summed E-state index contributed by atoms with van der Waals surface area (Å²) >= 11 is 0. The topological polar surface area (TPSA) is 150 Å². The number of aromatic hydroxyl groups is 1. The molecular weight excluding hydrogens is 458 g/mol. The zero-order valence-electron chi connectivity index (χ0n) is 18.1. The Balaban J connectivity index is 1.50. The summed E-state index contributed by atoms with van der Waals surface area (Å²) in [6, 6.07) is 10.8. The maximum Gasteiger partial charge on any atom is 0.274 e. The van der Waals surface area contributed by atoms with Crippen LogP contribution in [0, 0.1) is 0 Å². The normalized spacial score (nSPS) is 16.4. The highest BCUT2D eigenvalue weighted by molar-refractivity contribution is 8.25. The Morgan fingerprint density at radius 1 is 1.15 bits per heavy atom. The van der Waals surface area contributed by atoms with E-state index < -0.39 is 16.7 Å². The zero-order valence-corrected chi connectivity index (χ0v) is 18.9. The van der Waals surface area contributed by atoms with E-state index in [1.165, 1.54) is 16.8 Å². The second-order valence-corrected chi connectivity index (χ2v) is 9.94. The van der Waals surface area contributed by atoms with Gasteiger partial charge in [0.15, 0.2) is 17.3 Å². The van der Waals surface area contributed by atoms with Crippen LogP contribution in [0.3, 0.4) is 0 Å². The minimum absolute atomic E-state index is 0.143. The second kappa shape index (κ2) is 8.89. The average molecular weight is 482 g/mol. The Bertz CT molecular complexity index is 1350. The van der Waals surface area contributed by atoms with E-state index in [9.17, 15) is 19.0 Å². The monoisotopic (exact) mass is 481 g/mol. The number of carbonyl (C=O) groups is 1. The van der Waals surface area contributed by atoms with Crippen molar-refractivity contribution in [3.8, 4) is 11.4 Å². The zero-order chi connectivity index (χ0) is 23.7. The van der Waals surface area contributed by atoms with Crippen LogP contribution in [0.25, 0.3) is 16.6 Å². The number of nitrogens with zero attached hydrogens (tertiary/aromatic N) is 6. The lowest BCUT2D eigenvalue weighted by Gasteiger charge is -2.47. The molecule has 4 N–H and O–H groups in total. The third kappa shape index (κ3) is 4.02. The smallest absolute Gasteiger partial charge is 0.274 e. The van der Waals surface area contributed by atoms with Gasteiger partial charge in [0.25, 0.3) is 5.91 Å². The molecule has 1 aromatic carbocycles. The molecule has 0 unspecified atom stereocenters. The molecule has 34 heavy (non-hydrogen) atoms. The SMILES string of the molecule is O=C(NCc1ccccc1-n1cncn1)c1nc(N2CCCCS2(O)O)c2cccnc2c1O. The van der Waals surface area contributed by atoms with Crippen LogP contribution in [0.2, 0.25) is 0 Å². The molecule has 1 fully saturated rings. The number of aromatic nitrogens is 5. The van der Waals surface area contributed by atoms with Gasteiger partial charge < -0.3 is 10.4 Å². The molecule has 4 aromatic rings. The number of benzene rings is 1. The molecule has 0 aliphatic carbocycles. The lowest BCUT2D eigenvalue weighted by Crippen LogP contribution is -2.35. The quantitative estimate of drug-likeness (QED) is 0.337. The summed E-state index contributed by atoms with van der Waals surface area (Å²) in [5, 5.41) is 18.2. The molecule has 0 spiro atoms. The predicted molar refractivity (Wildman–Crippen MR) is 128 cm³/mol. The molecule has 0 radical (unpaired) electrons. The lowest BCUT2D eigenvalue weighted by molar-refractivity contribution is 0.0943. The van der Waals surface area contributed by atoms with E-state index in [1.54, 1.807) is 23.1 Å². The number of fused-ring (bicyclic) bond motifs is 1. The molecule has 4 heterocycles. The highest BCUT2D eigenvalue weighted by atomic mass is 32.3. The standard InChI is InChI=1S/C22H23N7O4S/c30-20-18-16(7-5-9-24-18)21(29-10-3-4-11-34(29,32)33)27-19(20)22(31)25-12-15-6-1-2-8-17(15)28-14-23-13-26-28/h1-2,5-9,13-14,30,32-33H,3-4,10-12H2,(H,25,31). The first-order valence-electron chi connectivity index (χ1n) is 10.7. The van der Waals surface area contributed by atoms with Crippen molar-refractivity contribution in [3.05, 3.63) is 66.5 Å². The Labute approximate surface area is 196 Å². The van der Waals surface area contributed by atoms with Gasteiger partial charge in [-0.3, -0.25) is 23.2 Å². The van der Waals surface area contributed by atoms with Crippen LogP contribution in [0.15, 0.2) is 55.2 Å². The molecule has 1 saturated heterocycles. The minimum Gasteiger partial charge on any atom is -0.504 e. The third-order valence-corrected chi connectivity index (χ3v) is 7.54. The highest BCUT2D eigenvalue weighted by Gasteiger charge is 2.31. The molecule has 5 rings (SSSR count). The van der Waals surface area contributed by atoms with E-state index in [0.29, 0.717) is 18.4 Å². The number of hydrogen-bond donors (Lipinski definition) is 4. The van der Waals surface area contributed by atoms with E-state index in [1.807, 2.05) is 24.3 Å². The van der Waals surface area contributed by atoms with Crippen molar-refractivity contribution in [2.24, 2.45) is 0 Å². The third-order valence-electron chi connectivity index (χ3n) is 5.65. The summed E-state index contributed by atoms with van der Waals surface area (Å²) in [6.07, 6.45) is 5.92. The summed E-state index contributed by atoms with van der Waals surface area (Å²) in [4.78, 5) is 25.7. The molecule has 12 heteroatoms. The van der Waals surface area contributed by atoms with E-state index in [-0.39, 0.29) is 35.1 Å². The molecule has 11 nitrogen and oxygen atoms in total. The van der Waals surface area contributed by atoms with Crippen molar-refractivity contribution < 1.29 is 19.0 Å². The van der Waals surface area contributed by atoms with Gasteiger partial charge in [-0.05, 0) is 36.6 Å². The number of anilines is 1. The van der Waals surface area contributed by atoms with Crippen molar-refractivity contribution in [2.45, 2.75) is 19.4 Å². The second-order valence-electron chi connectivity index (χ2n) is 7.83. The highest BCUT2D eigenvalue weighted by Crippen LogP contribution is 2.51. The van der Waals surface area contributed by atoms with Crippen molar-refractivity contribution in [1.82, 2.24) is 30.0 Å². The van der Waals surface area contributed by atoms with Crippen LogP contribution in [0.1, 0.15) is 28.9 Å². The Kier molecular flexibility index (Phi) is 5.77. The number of nitrogens with one attached hydrogen (secondary N) is 1. The van der Waals surface area contributed by atoms with E-state index in [4.69, 9.17) is 0 Å². The van der Waals surface area contributed by atoms with Crippen LogP contribution in [-0.4, -0.2) is 57.1 Å². The number of rotatable bonds is 5. The van der Waals surface area contributed by atoms with Gasteiger partial charge in [-0.2, -0.15) is 5.10 Å². The fraction of sp³-hybridized carbons (Fsp3) is 0.227. The summed E-state index contributed by atoms with van der Waals surface area (Å²) < 4.78 is 24.3. The van der Waals surface area contributed by atoms with Crippen molar-refractivity contribution in [1.29, 1.82) is 0 Å². The fourth-order valence-electron chi connectivity index (χ4n) is 3.98. The molecule has 0 atom stereocenters. The Morgan fingerprint density at radius 2 is 2.00 bits per heavy atom. The fourth-order valence-corrected chi connectivity index (χ4v) is 5.63. The number of amides is 1. The van der Waals surface area contributed by atoms with Crippen molar-refractivity contribution in [3.63, 3.8) is 0 Å². The molecule has 1 aliphatic heterocycles. The number of pyridine rings is 2. The van der Waals surface area contributed by atoms with Gasteiger partial charge in [0.2, 0.25) is 0 Å². The molecule has 1 aliphatic rings. The maximum atomic E-state index is 13.1. The van der Waals surface area contributed by atoms with Gasteiger partial charge in [0, 0.05) is 24.7 Å². The molecule has 176 valence electrons. The van der Waals surface area contributed by atoms with Crippen molar-refractivity contribution in [2.75, 3.05) is 16.6 Å². The van der Waals surface area contributed by atoms with E-state index >= 15 is 0 Å². The van der Waals surface area contributed by atoms with Crippen LogP contribution in [0.5, 0.6) is 5.75 Å². The molecular formula is C22H23N7O4S. The van der Waals surface area contributed by atoms with Crippen LogP contribution in [0.4, 0.5) is 5.82 Å². The summed E-state index contributed by atoms with van der Waals surface area (Å²) in [7, 11) is -3.10.